The SMILES string of the molecule is CC1COCCN1CCN1C(=O)CSc2ccc(-c3cccnc3)cc21. The molecule has 1 amide bonds. The van der Waals surface area contributed by atoms with E-state index in [0.717, 1.165) is 43.1 Å². The molecular formula is C20H23N3O2S. The number of amides is 1. The van der Waals surface area contributed by atoms with E-state index >= 15 is 0 Å². The van der Waals surface area contributed by atoms with Crippen molar-refractivity contribution in [1.82, 2.24) is 9.88 Å². The van der Waals surface area contributed by atoms with Crippen molar-refractivity contribution in [1.29, 1.82) is 0 Å². The lowest BCUT2D eigenvalue weighted by molar-refractivity contribution is -0.116. The Labute approximate surface area is 158 Å². The molecule has 6 heteroatoms. The number of rotatable bonds is 4. The first-order chi connectivity index (χ1) is 12.7. The van der Waals surface area contributed by atoms with Gasteiger partial charge in [0.15, 0.2) is 0 Å². The van der Waals surface area contributed by atoms with Crippen LogP contribution in [0.4, 0.5) is 5.69 Å². The normalized spacial score (nSPS) is 20.9. The standard InChI is InChI=1S/C20H23N3O2S/c1-15-13-25-10-9-22(15)7-8-23-18-11-16(17-3-2-6-21-12-17)4-5-19(18)26-14-20(23)24/h2-6,11-12,15H,7-10,13-14H2,1H3. The smallest absolute Gasteiger partial charge is 0.237 e. The first-order valence-corrected chi connectivity index (χ1v) is 10.0. The molecule has 2 aromatic rings. The maximum Gasteiger partial charge on any atom is 0.237 e. The van der Waals surface area contributed by atoms with Crippen molar-refractivity contribution in [3.05, 3.63) is 42.7 Å². The molecule has 0 bridgehead atoms. The van der Waals surface area contributed by atoms with Crippen LogP contribution in [0, 0.1) is 0 Å². The van der Waals surface area contributed by atoms with Crippen LogP contribution in [0.25, 0.3) is 11.1 Å². The lowest BCUT2D eigenvalue weighted by Gasteiger charge is -2.36. The monoisotopic (exact) mass is 369 g/mol. The third-order valence-corrected chi connectivity index (χ3v) is 6.06. The molecule has 2 aliphatic heterocycles. The highest BCUT2D eigenvalue weighted by Gasteiger charge is 2.27. The molecule has 0 saturated carbocycles. The highest BCUT2D eigenvalue weighted by atomic mass is 32.2. The highest BCUT2D eigenvalue weighted by Crippen LogP contribution is 2.38. The Morgan fingerprint density at radius 3 is 3.00 bits per heavy atom. The van der Waals surface area contributed by atoms with Gasteiger partial charge in [0.1, 0.15) is 0 Å². The number of benzene rings is 1. The van der Waals surface area contributed by atoms with E-state index in [-0.39, 0.29) is 5.91 Å². The van der Waals surface area contributed by atoms with Crippen LogP contribution in [0.1, 0.15) is 6.92 Å². The fourth-order valence-electron chi connectivity index (χ4n) is 3.48. The van der Waals surface area contributed by atoms with Crippen LogP contribution in [0.3, 0.4) is 0 Å². The molecule has 1 aromatic heterocycles. The van der Waals surface area contributed by atoms with Crippen molar-refractivity contribution in [3.8, 4) is 11.1 Å². The summed E-state index contributed by atoms with van der Waals surface area (Å²) in [6.07, 6.45) is 3.64. The van der Waals surface area contributed by atoms with Crippen LogP contribution in [0.15, 0.2) is 47.6 Å². The van der Waals surface area contributed by atoms with Gasteiger partial charge in [-0.15, -0.1) is 11.8 Å². The van der Waals surface area contributed by atoms with E-state index in [1.54, 1.807) is 18.0 Å². The quantitative estimate of drug-likeness (QED) is 0.829. The number of hydrogen-bond donors (Lipinski definition) is 0. The van der Waals surface area contributed by atoms with Crippen LogP contribution in [0.2, 0.25) is 0 Å². The Morgan fingerprint density at radius 1 is 1.27 bits per heavy atom. The van der Waals surface area contributed by atoms with E-state index in [9.17, 15) is 4.79 Å². The fourth-order valence-corrected chi connectivity index (χ4v) is 4.40. The predicted molar refractivity (Wildman–Crippen MR) is 105 cm³/mol. The number of aromatic nitrogens is 1. The number of ether oxygens (including phenoxy) is 1. The molecule has 136 valence electrons. The zero-order chi connectivity index (χ0) is 17.9. The number of anilines is 1. The lowest BCUT2D eigenvalue weighted by Crippen LogP contribution is -2.48. The molecule has 1 fully saturated rings. The van der Waals surface area contributed by atoms with Crippen molar-refractivity contribution >= 4 is 23.4 Å². The minimum absolute atomic E-state index is 0.187. The summed E-state index contributed by atoms with van der Waals surface area (Å²) in [4.78, 5) is 22.3. The molecule has 0 N–H and O–H groups in total. The molecule has 1 saturated heterocycles. The van der Waals surface area contributed by atoms with Crippen molar-refractivity contribution in [2.45, 2.75) is 17.9 Å². The molecule has 0 spiro atoms. The van der Waals surface area contributed by atoms with Crippen LogP contribution in [-0.4, -0.2) is 60.4 Å². The zero-order valence-electron chi connectivity index (χ0n) is 14.9. The van der Waals surface area contributed by atoms with Gasteiger partial charge in [0.2, 0.25) is 5.91 Å². The molecule has 2 aliphatic rings. The molecule has 1 unspecified atom stereocenters. The van der Waals surface area contributed by atoms with E-state index in [0.29, 0.717) is 18.3 Å². The van der Waals surface area contributed by atoms with E-state index in [1.165, 1.54) is 4.90 Å². The Kier molecular flexibility index (Phi) is 5.24. The van der Waals surface area contributed by atoms with Gasteiger partial charge in [0, 0.05) is 48.5 Å². The number of nitrogens with zero attached hydrogens (tertiary/aromatic N) is 3. The predicted octanol–water partition coefficient (Wildman–Crippen LogP) is 2.91. The fraction of sp³-hybridized carbons (Fsp3) is 0.400. The summed E-state index contributed by atoms with van der Waals surface area (Å²) < 4.78 is 5.51. The van der Waals surface area contributed by atoms with Crippen molar-refractivity contribution < 1.29 is 9.53 Å². The topological polar surface area (TPSA) is 45.7 Å². The van der Waals surface area contributed by atoms with E-state index in [2.05, 4.69) is 35.0 Å². The second-order valence-corrected chi connectivity index (χ2v) is 7.74. The molecule has 4 rings (SSSR count). The highest BCUT2D eigenvalue weighted by molar-refractivity contribution is 8.00. The van der Waals surface area contributed by atoms with Crippen LogP contribution in [-0.2, 0) is 9.53 Å². The van der Waals surface area contributed by atoms with Gasteiger partial charge < -0.3 is 9.64 Å². The second kappa shape index (κ2) is 7.78. The lowest BCUT2D eigenvalue weighted by atomic mass is 10.1. The summed E-state index contributed by atoms with van der Waals surface area (Å²) in [7, 11) is 0. The summed E-state index contributed by atoms with van der Waals surface area (Å²) in [6, 6.07) is 10.7. The average Bonchev–Trinajstić information content (AvgIpc) is 2.69. The van der Waals surface area contributed by atoms with Gasteiger partial charge in [-0.3, -0.25) is 14.7 Å². The van der Waals surface area contributed by atoms with Gasteiger partial charge >= 0.3 is 0 Å². The largest absolute Gasteiger partial charge is 0.379 e. The number of pyridine rings is 1. The Hall–Kier alpha value is -1.89. The second-order valence-electron chi connectivity index (χ2n) is 6.72. The minimum Gasteiger partial charge on any atom is -0.379 e. The van der Waals surface area contributed by atoms with Gasteiger partial charge in [-0.25, -0.2) is 0 Å². The molecule has 1 atom stereocenters. The minimum atomic E-state index is 0.187. The van der Waals surface area contributed by atoms with Crippen LogP contribution >= 0.6 is 11.8 Å². The summed E-state index contributed by atoms with van der Waals surface area (Å²) in [5.41, 5.74) is 3.19. The number of fused-ring (bicyclic) bond motifs is 1. The maximum atomic E-state index is 12.6. The Morgan fingerprint density at radius 2 is 2.19 bits per heavy atom. The van der Waals surface area contributed by atoms with Gasteiger partial charge in [-0.05, 0) is 30.7 Å². The van der Waals surface area contributed by atoms with Gasteiger partial charge in [-0.1, -0.05) is 12.1 Å². The Balaban J connectivity index is 1.57. The molecule has 26 heavy (non-hydrogen) atoms. The van der Waals surface area contributed by atoms with Gasteiger partial charge in [-0.2, -0.15) is 0 Å². The third kappa shape index (κ3) is 3.63. The molecule has 5 nitrogen and oxygen atoms in total. The van der Waals surface area contributed by atoms with Crippen LogP contribution in [0.5, 0.6) is 0 Å². The first-order valence-electron chi connectivity index (χ1n) is 9.02. The summed E-state index contributed by atoms with van der Waals surface area (Å²) >= 11 is 1.63. The first kappa shape index (κ1) is 17.5. The van der Waals surface area contributed by atoms with Crippen molar-refractivity contribution in [3.63, 3.8) is 0 Å². The molecule has 3 heterocycles. The zero-order valence-corrected chi connectivity index (χ0v) is 15.7. The molecule has 0 radical (unpaired) electrons. The molecule has 1 aromatic carbocycles. The number of hydrogen-bond acceptors (Lipinski definition) is 5. The summed E-state index contributed by atoms with van der Waals surface area (Å²) in [5.74, 6) is 0.699. The number of thioether (sulfide) groups is 1. The van der Waals surface area contributed by atoms with Crippen molar-refractivity contribution in [2.75, 3.05) is 43.5 Å². The van der Waals surface area contributed by atoms with Crippen LogP contribution < -0.4 is 4.90 Å². The van der Waals surface area contributed by atoms with E-state index in [4.69, 9.17) is 4.74 Å². The van der Waals surface area contributed by atoms with Crippen molar-refractivity contribution in [2.24, 2.45) is 0 Å². The van der Waals surface area contributed by atoms with Gasteiger partial charge in [0.05, 0.1) is 24.7 Å². The summed E-state index contributed by atoms with van der Waals surface area (Å²) in [5, 5.41) is 0. The Bertz CT molecular complexity index is 784. The number of carbonyl (C=O) groups is 1. The average molecular weight is 369 g/mol. The van der Waals surface area contributed by atoms with E-state index in [1.807, 2.05) is 23.2 Å². The molecule has 0 aliphatic carbocycles. The maximum absolute atomic E-state index is 12.6. The van der Waals surface area contributed by atoms with E-state index < -0.39 is 0 Å². The summed E-state index contributed by atoms with van der Waals surface area (Å²) in [6.45, 7) is 6.24. The third-order valence-electron chi connectivity index (χ3n) is 5.01. The molecular weight excluding hydrogens is 346 g/mol. The number of morpholine rings is 1. The number of carbonyl (C=O) groups excluding carboxylic acids is 1. The van der Waals surface area contributed by atoms with Gasteiger partial charge in [0.25, 0.3) is 0 Å².